The molecule has 8 nitrogen and oxygen atoms in total. The van der Waals surface area contributed by atoms with Gasteiger partial charge in [-0.15, -0.1) is 5.10 Å². The Balaban J connectivity index is 1.98. The minimum absolute atomic E-state index is 0.0975. The number of halogens is 1. The van der Waals surface area contributed by atoms with E-state index in [1.807, 2.05) is 0 Å². The van der Waals surface area contributed by atoms with E-state index in [-0.39, 0.29) is 25.6 Å². The number of imide groups is 1. The molecular formula is C11H12ClN3O5. The summed E-state index contributed by atoms with van der Waals surface area (Å²) in [7, 11) is 0. The largest absolute Gasteiger partial charge is 0.463 e. The number of rotatable bonds is 3. The van der Waals surface area contributed by atoms with Gasteiger partial charge in [0.1, 0.15) is 0 Å². The molecule has 1 atom stereocenters. The summed E-state index contributed by atoms with van der Waals surface area (Å²) in [6, 6.07) is -0.630. The first-order chi connectivity index (χ1) is 9.52. The molecule has 3 amide bonds. The zero-order valence-corrected chi connectivity index (χ0v) is 11.4. The Bertz CT molecular complexity index is 504. The van der Waals surface area contributed by atoms with E-state index in [9.17, 15) is 14.4 Å². The predicted octanol–water partition coefficient (Wildman–Crippen LogP) is 0.914. The van der Waals surface area contributed by atoms with Crippen molar-refractivity contribution in [3.63, 3.8) is 0 Å². The summed E-state index contributed by atoms with van der Waals surface area (Å²) in [6.07, 6.45) is 2.07. The van der Waals surface area contributed by atoms with Crippen LogP contribution in [0, 0.1) is 0 Å². The molecule has 1 unspecified atom stereocenters. The number of esters is 1. The van der Waals surface area contributed by atoms with Crippen LogP contribution in [0.1, 0.15) is 6.92 Å². The second-order valence-corrected chi connectivity index (χ2v) is 4.22. The van der Waals surface area contributed by atoms with Crippen LogP contribution in [0.5, 0.6) is 0 Å². The lowest BCUT2D eigenvalue weighted by Crippen LogP contribution is -2.31. The third-order valence-corrected chi connectivity index (χ3v) is 2.80. The van der Waals surface area contributed by atoms with Crippen molar-refractivity contribution in [2.24, 2.45) is 5.10 Å². The number of carbonyl (C=O) groups is 3. The highest BCUT2D eigenvalue weighted by Gasteiger charge is 2.33. The minimum Gasteiger partial charge on any atom is -0.463 e. The molecule has 0 spiro atoms. The monoisotopic (exact) mass is 301 g/mol. The summed E-state index contributed by atoms with van der Waals surface area (Å²) in [6.45, 7) is 2.30. The van der Waals surface area contributed by atoms with E-state index in [4.69, 9.17) is 21.1 Å². The van der Waals surface area contributed by atoms with Crippen LogP contribution in [0.4, 0.5) is 9.59 Å². The molecular weight excluding hydrogens is 290 g/mol. The Kier molecular flexibility index (Phi) is 4.23. The van der Waals surface area contributed by atoms with E-state index >= 15 is 0 Å². The maximum absolute atomic E-state index is 11.7. The summed E-state index contributed by atoms with van der Waals surface area (Å²) in [5.41, 5.74) is 0. The first kappa shape index (κ1) is 14.3. The Morgan fingerprint density at radius 2 is 2.30 bits per heavy atom. The van der Waals surface area contributed by atoms with Crippen molar-refractivity contribution in [1.29, 1.82) is 0 Å². The summed E-state index contributed by atoms with van der Waals surface area (Å²) < 4.78 is 10.0. The second-order valence-electron chi connectivity index (χ2n) is 3.90. The number of hydrogen-bond acceptors (Lipinski definition) is 6. The van der Waals surface area contributed by atoms with Crippen molar-refractivity contribution >= 4 is 34.9 Å². The van der Waals surface area contributed by atoms with Gasteiger partial charge in [-0.1, -0.05) is 0 Å². The fraction of sp³-hybridized carbons (Fsp3) is 0.455. The van der Waals surface area contributed by atoms with Crippen LogP contribution < -0.4 is 0 Å². The van der Waals surface area contributed by atoms with E-state index < -0.39 is 23.5 Å². The van der Waals surface area contributed by atoms with Crippen LogP contribution in [0.2, 0.25) is 0 Å². The highest BCUT2D eigenvalue weighted by molar-refractivity contribution is 6.64. The quantitative estimate of drug-likeness (QED) is 0.439. The van der Waals surface area contributed by atoms with Gasteiger partial charge < -0.3 is 9.47 Å². The summed E-state index contributed by atoms with van der Waals surface area (Å²) >= 11 is 5.24. The van der Waals surface area contributed by atoms with Gasteiger partial charge in [0.05, 0.1) is 19.7 Å². The molecule has 0 N–H and O–H groups in total. The predicted molar refractivity (Wildman–Crippen MR) is 68.1 cm³/mol. The molecule has 0 aromatic heterocycles. The number of carbonyl (C=O) groups excluding carboxylic acids is 3. The van der Waals surface area contributed by atoms with E-state index in [1.165, 1.54) is 12.2 Å². The zero-order valence-electron chi connectivity index (χ0n) is 10.6. The van der Waals surface area contributed by atoms with Gasteiger partial charge in [0.2, 0.25) is 12.0 Å². The van der Waals surface area contributed by atoms with Crippen molar-refractivity contribution in [3.05, 3.63) is 12.2 Å². The Labute approximate surface area is 119 Å². The lowest BCUT2D eigenvalue weighted by atomic mass is 10.3. The Morgan fingerprint density at radius 1 is 1.55 bits per heavy atom. The van der Waals surface area contributed by atoms with Crippen LogP contribution in [-0.2, 0) is 14.3 Å². The summed E-state index contributed by atoms with van der Waals surface area (Å²) in [4.78, 5) is 34.9. The minimum atomic E-state index is -0.864. The smallest absolute Gasteiger partial charge is 0.351 e. The van der Waals surface area contributed by atoms with Crippen molar-refractivity contribution in [1.82, 2.24) is 9.91 Å². The maximum atomic E-state index is 11.7. The molecule has 0 aromatic carbocycles. The van der Waals surface area contributed by atoms with Gasteiger partial charge in [-0.25, -0.2) is 19.5 Å². The maximum Gasteiger partial charge on any atom is 0.351 e. The molecule has 0 saturated carbocycles. The summed E-state index contributed by atoms with van der Waals surface area (Å²) in [5, 5.41) is 4.11. The molecule has 2 heterocycles. The fourth-order valence-corrected chi connectivity index (χ4v) is 1.84. The van der Waals surface area contributed by atoms with Crippen molar-refractivity contribution in [2.75, 3.05) is 19.7 Å². The van der Waals surface area contributed by atoms with Gasteiger partial charge in [0, 0.05) is 6.08 Å². The second kappa shape index (κ2) is 5.91. The third kappa shape index (κ3) is 2.90. The van der Waals surface area contributed by atoms with Crippen LogP contribution in [0.3, 0.4) is 0 Å². The van der Waals surface area contributed by atoms with Crippen molar-refractivity contribution in [3.8, 4) is 0 Å². The zero-order chi connectivity index (χ0) is 14.7. The van der Waals surface area contributed by atoms with Crippen molar-refractivity contribution < 1.29 is 23.9 Å². The number of amides is 3. The SMILES string of the molecule is CCOC(=O)C1C=CC(=NN2CCN(C(=O)Cl)C2=O)O1. The molecule has 9 heteroatoms. The number of hydrazone groups is 1. The van der Waals surface area contributed by atoms with Gasteiger partial charge in [-0.2, -0.15) is 0 Å². The van der Waals surface area contributed by atoms with Gasteiger partial charge in [-0.05, 0) is 24.6 Å². The fourth-order valence-electron chi connectivity index (χ4n) is 1.69. The first-order valence-electron chi connectivity index (χ1n) is 5.91. The summed E-state index contributed by atoms with van der Waals surface area (Å²) in [5.74, 6) is -0.431. The average Bonchev–Trinajstić information content (AvgIpc) is 2.98. The highest BCUT2D eigenvalue weighted by atomic mass is 35.5. The topological polar surface area (TPSA) is 88.5 Å². The molecule has 2 aliphatic rings. The van der Waals surface area contributed by atoms with Gasteiger partial charge in [0.15, 0.2) is 0 Å². The van der Waals surface area contributed by atoms with E-state index in [0.717, 1.165) is 9.91 Å². The number of nitrogens with zero attached hydrogens (tertiary/aromatic N) is 3. The number of urea groups is 1. The van der Waals surface area contributed by atoms with E-state index in [0.29, 0.717) is 0 Å². The number of hydrogen-bond donors (Lipinski definition) is 0. The Hall–Kier alpha value is -2.09. The number of ether oxygens (including phenoxy) is 2. The molecule has 1 saturated heterocycles. The average molecular weight is 302 g/mol. The van der Waals surface area contributed by atoms with Crippen molar-refractivity contribution in [2.45, 2.75) is 13.0 Å². The van der Waals surface area contributed by atoms with Gasteiger partial charge in [-0.3, -0.25) is 4.79 Å². The standard InChI is InChI=1S/C11H12ClN3O5/c1-2-19-9(16)7-3-4-8(20-7)13-15-6-5-14(10(12)17)11(15)18/h3-4,7H,2,5-6H2,1H3. The van der Waals surface area contributed by atoms with Crippen LogP contribution in [0.25, 0.3) is 0 Å². The van der Waals surface area contributed by atoms with Crippen LogP contribution in [0.15, 0.2) is 17.3 Å². The normalized spacial score (nSPS) is 23.4. The molecule has 2 aliphatic heterocycles. The lowest BCUT2D eigenvalue weighted by molar-refractivity contribution is -0.149. The molecule has 20 heavy (non-hydrogen) atoms. The van der Waals surface area contributed by atoms with Crippen LogP contribution in [-0.4, -0.2) is 59.0 Å². The first-order valence-corrected chi connectivity index (χ1v) is 6.29. The third-order valence-electron chi connectivity index (χ3n) is 2.60. The molecule has 2 rings (SSSR count). The molecule has 0 radical (unpaired) electrons. The molecule has 1 fully saturated rings. The highest BCUT2D eigenvalue weighted by Crippen LogP contribution is 2.15. The lowest BCUT2D eigenvalue weighted by Gasteiger charge is -2.12. The van der Waals surface area contributed by atoms with E-state index in [1.54, 1.807) is 6.92 Å². The van der Waals surface area contributed by atoms with Gasteiger partial charge >= 0.3 is 17.4 Å². The Morgan fingerprint density at radius 3 is 2.90 bits per heavy atom. The molecule has 108 valence electrons. The van der Waals surface area contributed by atoms with Gasteiger partial charge in [0.25, 0.3) is 0 Å². The molecule has 0 aromatic rings. The molecule has 0 aliphatic carbocycles. The van der Waals surface area contributed by atoms with Crippen LogP contribution >= 0.6 is 11.6 Å². The van der Waals surface area contributed by atoms with E-state index in [2.05, 4.69) is 5.10 Å². The molecule has 0 bridgehead atoms.